The van der Waals surface area contributed by atoms with E-state index in [1.165, 1.54) is 25.7 Å². The second-order valence-corrected chi connectivity index (χ2v) is 10.2. The highest BCUT2D eigenvalue weighted by Gasteiger charge is 2.45. The molecular weight excluding hydrogens is 360 g/mol. The fraction of sp³-hybridized carbons (Fsp3) is 0.792. The van der Waals surface area contributed by atoms with E-state index in [-0.39, 0.29) is 11.8 Å². The van der Waals surface area contributed by atoms with E-state index in [2.05, 4.69) is 28.4 Å². The van der Waals surface area contributed by atoms with Crippen molar-refractivity contribution in [1.82, 2.24) is 9.80 Å². The Labute approximate surface area is 176 Å². The molecule has 4 bridgehead atoms. The third kappa shape index (κ3) is 3.95. The monoisotopic (exact) mass is 398 g/mol. The minimum atomic E-state index is 0.157. The van der Waals surface area contributed by atoms with Crippen molar-refractivity contribution >= 4 is 18.0 Å². The van der Waals surface area contributed by atoms with Gasteiger partial charge in [0.2, 0.25) is 5.96 Å². The average Bonchev–Trinajstić information content (AvgIpc) is 2.98. The lowest BCUT2D eigenvalue weighted by Gasteiger charge is -2.47. The Morgan fingerprint density at radius 3 is 2.14 bits per heavy atom. The highest BCUT2D eigenvalue weighted by molar-refractivity contribution is 5.93. The molecule has 0 aromatic rings. The number of allylic oxidation sites excluding steroid dienone is 1. The molecule has 160 valence electrons. The van der Waals surface area contributed by atoms with E-state index in [0.29, 0.717) is 35.6 Å². The third-order valence-electron chi connectivity index (χ3n) is 8.01. The molecule has 0 N–H and O–H groups in total. The summed E-state index contributed by atoms with van der Waals surface area (Å²) < 4.78 is 0. The molecule has 5 nitrogen and oxygen atoms in total. The van der Waals surface area contributed by atoms with Crippen LogP contribution >= 0.6 is 0 Å². The summed E-state index contributed by atoms with van der Waals surface area (Å²) in [4.78, 5) is 26.9. The van der Waals surface area contributed by atoms with Gasteiger partial charge in [0.1, 0.15) is 5.78 Å². The lowest BCUT2D eigenvalue weighted by atomic mass is 9.57. The molecule has 5 rings (SSSR count). The standard InChI is InChI=1S/C24H38N4O/c1-15(2)23(29)22-11-17-6-7-18(22)10-21(17)16(3)12-26-24(25-4)28-19-8-9-20(28)14-27(5)13-19/h12,15,17-22H,3,6-11,13-14H2,1-2,4-5H3/b25-24+,26-12-/t17?,18?,19?,20?,21-,22-/m1/s1. The summed E-state index contributed by atoms with van der Waals surface area (Å²) in [7, 11) is 4.07. The summed E-state index contributed by atoms with van der Waals surface area (Å²) >= 11 is 0. The van der Waals surface area contributed by atoms with Crippen LogP contribution in [0.2, 0.25) is 0 Å². The van der Waals surface area contributed by atoms with E-state index in [0.717, 1.165) is 37.5 Å². The number of fused-ring (bicyclic) bond motifs is 5. The molecule has 5 heteroatoms. The number of nitrogens with zero attached hydrogens (tertiary/aromatic N) is 4. The number of likely N-dealkylation sites (N-methyl/N-ethyl adjacent to an activating group) is 1. The summed E-state index contributed by atoms with van der Waals surface area (Å²) in [6, 6.07) is 1.08. The second-order valence-electron chi connectivity index (χ2n) is 10.2. The van der Waals surface area contributed by atoms with Gasteiger partial charge in [-0.2, -0.15) is 0 Å². The largest absolute Gasteiger partial charge is 0.333 e. The quantitative estimate of drug-likeness (QED) is 0.536. The molecule has 0 spiro atoms. The van der Waals surface area contributed by atoms with E-state index >= 15 is 0 Å². The van der Waals surface area contributed by atoms with Gasteiger partial charge in [0.15, 0.2) is 0 Å². The highest BCUT2D eigenvalue weighted by atomic mass is 16.1. The highest BCUT2D eigenvalue weighted by Crippen LogP contribution is 2.51. The van der Waals surface area contributed by atoms with Crippen molar-refractivity contribution in [2.75, 3.05) is 27.2 Å². The second kappa shape index (κ2) is 8.33. The Bertz CT molecular complexity index is 698. The summed E-state index contributed by atoms with van der Waals surface area (Å²) in [6.45, 7) is 10.7. The van der Waals surface area contributed by atoms with Crippen molar-refractivity contribution in [1.29, 1.82) is 0 Å². The van der Waals surface area contributed by atoms with Crippen molar-refractivity contribution in [2.24, 2.45) is 39.6 Å². The van der Waals surface area contributed by atoms with Gasteiger partial charge in [-0.05, 0) is 68.9 Å². The zero-order valence-corrected chi connectivity index (χ0v) is 18.7. The van der Waals surface area contributed by atoms with Crippen LogP contribution in [0.15, 0.2) is 22.1 Å². The Hall–Kier alpha value is -1.49. The Morgan fingerprint density at radius 2 is 1.62 bits per heavy atom. The number of guanidine groups is 1. The minimum absolute atomic E-state index is 0.157. The number of Topliss-reactive ketones (excluding diaryl/α,β-unsaturated/α-hetero) is 1. The molecule has 5 fully saturated rings. The molecule has 4 unspecified atom stereocenters. The van der Waals surface area contributed by atoms with Gasteiger partial charge in [0, 0.05) is 50.3 Å². The van der Waals surface area contributed by atoms with Gasteiger partial charge < -0.3 is 9.80 Å². The van der Waals surface area contributed by atoms with Gasteiger partial charge >= 0.3 is 0 Å². The third-order valence-corrected chi connectivity index (χ3v) is 8.01. The SMILES string of the molecule is C=C(/C=N\C(=N/C)N1C2CCC1CN(C)C2)[C@H]1CC2CCC1C[C@H]2C(=O)C(C)C. The topological polar surface area (TPSA) is 48.3 Å². The van der Waals surface area contributed by atoms with Crippen LogP contribution in [0.3, 0.4) is 0 Å². The lowest BCUT2D eigenvalue weighted by Crippen LogP contribution is -2.54. The molecule has 3 saturated carbocycles. The molecule has 2 saturated heterocycles. The summed E-state index contributed by atoms with van der Waals surface area (Å²) in [5.74, 6) is 3.40. The van der Waals surface area contributed by atoms with Crippen molar-refractivity contribution in [3.05, 3.63) is 12.2 Å². The fourth-order valence-electron chi connectivity index (χ4n) is 6.58. The Kier molecular flexibility index (Phi) is 5.97. The number of carbonyl (C=O) groups excluding carboxylic acids is 1. The average molecular weight is 399 g/mol. The van der Waals surface area contributed by atoms with Crippen molar-refractivity contribution in [2.45, 2.75) is 64.5 Å². The van der Waals surface area contributed by atoms with E-state index < -0.39 is 0 Å². The fourth-order valence-corrected chi connectivity index (χ4v) is 6.58. The molecule has 0 aromatic carbocycles. The van der Waals surface area contributed by atoms with Crippen LogP contribution in [-0.4, -0.2) is 67.0 Å². The smallest absolute Gasteiger partial charge is 0.220 e. The zero-order valence-electron chi connectivity index (χ0n) is 18.7. The van der Waals surface area contributed by atoms with Crippen molar-refractivity contribution in [3.63, 3.8) is 0 Å². The first-order valence-electron chi connectivity index (χ1n) is 11.6. The molecule has 6 atom stereocenters. The van der Waals surface area contributed by atoms with Gasteiger partial charge in [-0.1, -0.05) is 20.4 Å². The van der Waals surface area contributed by atoms with E-state index in [1.807, 2.05) is 27.1 Å². The number of ketones is 1. The first-order valence-corrected chi connectivity index (χ1v) is 11.6. The summed E-state index contributed by atoms with van der Waals surface area (Å²) in [5, 5.41) is 0. The molecule has 0 amide bonds. The molecule has 29 heavy (non-hydrogen) atoms. The minimum Gasteiger partial charge on any atom is -0.333 e. The maximum absolute atomic E-state index is 12.6. The van der Waals surface area contributed by atoms with Gasteiger partial charge in [0.05, 0.1) is 0 Å². The van der Waals surface area contributed by atoms with Crippen LogP contribution in [0, 0.1) is 29.6 Å². The summed E-state index contributed by atoms with van der Waals surface area (Å²) in [5.41, 5.74) is 1.14. The molecular formula is C24H38N4O. The van der Waals surface area contributed by atoms with Gasteiger partial charge in [-0.3, -0.25) is 9.79 Å². The number of hydrogen-bond acceptors (Lipinski definition) is 3. The normalized spacial score (nSPS) is 37.7. The number of aliphatic imine (C=N–C) groups is 2. The molecule has 2 heterocycles. The van der Waals surface area contributed by atoms with E-state index in [4.69, 9.17) is 4.99 Å². The van der Waals surface area contributed by atoms with Crippen LogP contribution in [0.25, 0.3) is 0 Å². The first kappa shape index (κ1) is 20.8. The maximum atomic E-state index is 12.6. The zero-order chi connectivity index (χ0) is 20.7. The van der Waals surface area contributed by atoms with Gasteiger partial charge in [0.25, 0.3) is 0 Å². The molecule has 5 aliphatic rings. The molecule has 3 aliphatic carbocycles. The molecule has 0 radical (unpaired) electrons. The van der Waals surface area contributed by atoms with Crippen molar-refractivity contribution in [3.8, 4) is 0 Å². The van der Waals surface area contributed by atoms with Crippen LogP contribution in [0.5, 0.6) is 0 Å². The van der Waals surface area contributed by atoms with Crippen LogP contribution in [0.1, 0.15) is 52.4 Å². The number of carbonyl (C=O) groups is 1. The predicted octanol–water partition coefficient (Wildman–Crippen LogP) is 3.66. The van der Waals surface area contributed by atoms with Gasteiger partial charge in [-0.15, -0.1) is 0 Å². The van der Waals surface area contributed by atoms with E-state index in [9.17, 15) is 4.79 Å². The van der Waals surface area contributed by atoms with Crippen LogP contribution in [-0.2, 0) is 4.79 Å². The predicted molar refractivity (Wildman–Crippen MR) is 119 cm³/mol. The number of hydrogen-bond donors (Lipinski definition) is 0. The number of likely N-dealkylation sites (tertiary alicyclic amines) is 1. The lowest BCUT2D eigenvalue weighted by molar-refractivity contribution is -0.132. The van der Waals surface area contributed by atoms with Crippen LogP contribution < -0.4 is 0 Å². The molecule has 0 aromatic heterocycles. The molecule has 2 aliphatic heterocycles. The Morgan fingerprint density at radius 1 is 1.03 bits per heavy atom. The maximum Gasteiger partial charge on any atom is 0.220 e. The number of rotatable bonds is 4. The Balaban J connectivity index is 1.41. The first-order chi connectivity index (χ1) is 13.9. The summed E-state index contributed by atoms with van der Waals surface area (Å²) in [6.07, 6.45) is 9.07. The van der Waals surface area contributed by atoms with Crippen LogP contribution in [0.4, 0.5) is 0 Å². The van der Waals surface area contributed by atoms with Crippen molar-refractivity contribution < 1.29 is 4.79 Å². The van der Waals surface area contributed by atoms with E-state index in [1.54, 1.807) is 0 Å². The number of piperazine rings is 1. The van der Waals surface area contributed by atoms with Gasteiger partial charge in [-0.25, -0.2) is 4.99 Å².